The number of hydrogen-bond acceptors (Lipinski definition) is 4. The van der Waals surface area contributed by atoms with Gasteiger partial charge in [0.05, 0.1) is 15.6 Å². The SMILES string of the molecule is O=S(=O)(N/N=C/c1ccc(OCc2ccccc2)c(Br)c1)c1ccccc1. The predicted octanol–water partition coefficient (Wildman–Crippen LogP) is 4.34. The third-order valence-corrected chi connectivity index (χ3v) is 5.49. The highest BCUT2D eigenvalue weighted by Crippen LogP contribution is 2.26. The second-order valence-electron chi connectivity index (χ2n) is 5.63. The van der Waals surface area contributed by atoms with Crippen LogP contribution in [-0.2, 0) is 16.6 Å². The Balaban J connectivity index is 1.63. The fourth-order valence-corrected chi connectivity index (χ4v) is 3.60. The van der Waals surface area contributed by atoms with Gasteiger partial charge in [0.2, 0.25) is 0 Å². The maximum atomic E-state index is 12.1. The van der Waals surface area contributed by atoms with Crippen molar-refractivity contribution in [1.82, 2.24) is 4.83 Å². The van der Waals surface area contributed by atoms with Crippen molar-refractivity contribution in [2.75, 3.05) is 0 Å². The van der Waals surface area contributed by atoms with Gasteiger partial charge in [0.1, 0.15) is 12.4 Å². The molecule has 27 heavy (non-hydrogen) atoms. The Morgan fingerprint density at radius 1 is 0.963 bits per heavy atom. The van der Waals surface area contributed by atoms with E-state index in [-0.39, 0.29) is 4.90 Å². The summed E-state index contributed by atoms with van der Waals surface area (Å²) in [5.74, 6) is 0.695. The molecule has 0 bridgehead atoms. The zero-order chi connectivity index (χ0) is 19.1. The zero-order valence-corrected chi connectivity index (χ0v) is 16.7. The minimum Gasteiger partial charge on any atom is -0.488 e. The maximum absolute atomic E-state index is 12.1. The Bertz CT molecular complexity index is 1020. The monoisotopic (exact) mass is 444 g/mol. The molecule has 0 fully saturated rings. The summed E-state index contributed by atoms with van der Waals surface area (Å²) in [6, 6.07) is 23.4. The highest BCUT2D eigenvalue weighted by molar-refractivity contribution is 9.10. The van der Waals surface area contributed by atoms with Crippen LogP contribution in [0.4, 0.5) is 0 Å². The Morgan fingerprint density at radius 2 is 1.63 bits per heavy atom. The van der Waals surface area contributed by atoms with Crippen molar-refractivity contribution in [1.29, 1.82) is 0 Å². The fraction of sp³-hybridized carbons (Fsp3) is 0.0500. The van der Waals surface area contributed by atoms with Gasteiger partial charge in [-0.15, -0.1) is 0 Å². The maximum Gasteiger partial charge on any atom is 0.276 e. The standard InChI is InChI=1S/C20H17BrN2O3S/c21-19-13-17(11-12-20(19)26-15-16-7-3-1-4-8-16)14-22-23-27(24,25)18-9-5-2-6-10-18/h1-14,23H,15H2/b22-14+. The summed E-state index contributed by atoms with van der Waals surface area (Å²) in [5.41, 5.74) is 1.80. The molecule has 1 N–H and O–H groups in total. The van der Waals surface area contributed by atoms with Crippen LogP contribution < -0.4 is 9.57 Å². The summed E-state index contributed by atoms with van der Waals surface area (Å²) in [6.07, 6.45) is 1.44. The topological polar surface area (TPSA) is 67.8 Å². The minimum atomic E-state index is -3.67. The number of halogens is 1. The average molecular weight is 445 g/mol. The van der Waals surface area contributed by atoms with Crippen LogP contribution in [0.5, 0.6) is 5.75 Å². The van der Waals surface area contributed by atoms with E-state index in [0.717, 1.165) is 15.6 Å². The molecule has 0 amide bonds. The molecule has 0 aliphatic rings. The van der Waals surface area contributed by atoms with Crippen LogP contribution in [0.15, 0.2) is 93.3 Å². The first-order valence-electron chi connectivity index (χ1n) is 8.11. The van der Waals surface area contributed by atoms with Gasteiger partial charge in [-0.25, -0.2) is 4.83 Å². The Labute approximate surface area is 166 Å². The summed E-state index contributed by atoms with van der Waals surface area (Å²) in [5, 5.41) is 3.83. The summed E-state index contributed by atoms with van der Waals surface area (Å²) >= 11 is 3.46. The summed E-state index contributed by atoms with van der Waals surface area (Å²) in [4.78, 5) is 2.36. The van der Waals surface area contributed by atoms with Gasteiger partial charge in [-0.2, -0.15) is 13.5 Å². The lowest BCUT2D eigenvalue weighted by molar-refractivity contribution is 0.304. The third kappa shape index (κ3) is 5.42. The van der Waals surface area contributed by atoms with Crippen LogP contribution in [0.2, 0.25) is 0 Å². The lowest BCUT2D eigenvalue weighted by Gasteiger charge is -2.09. The molecule has 5 nitrogen and oxygen atoms in total. The molecule has 0 atom stereocenters. The molecular weight excluding hydrogens is 428 g/mol. The number of hydrogen-bond donors (Lipinski definition) is 1. The predicted molar refractivity (Wildman–Crippen MR) is 109 cm³/mol. The molecule has 0 saturated carbocycles. The highest BCUT2D eigenvalue weighted by atomic mass is 79.9. The van der Waals surface area contributed by atoms with Gasteiger partial charge >= 0.3 is 0 Å². The van der Waals surface area contributed by atoms with E-state index in [9.17, 15) is 8.42 Å². The fourth-order valence-electron chi connectivity index (χ4n) is 2.27. The van der Waals surface area contributed by atoms with Gasteiger partial charge in [0.25, 0.3) is 10.0 Å². The largest absolute Gasteiger partial charge is 0.488 e. The molecule has 0 aliphatic heterocycles. The quantitative estimate of drug-likeness (QED) is 0.435. The molecule has 7 heteroatoms. The zero-order valence-electron chi connectivity index (χ0n) is 14.2. The van der Waals surface area contributed by atoms with Crippen LogP contribution >= 0.6 is 15.9 Å². The highest BCUT2D eigenvalue weighted by Gasteiger charge is 2.11. The van der Waals surface area contributed by atoms with Gasteiger partial charge in [-0.3, -0.25) is 0 Å². The van der Waals surface area contributed by atoms with E-state index in [1.54, 1.807) is 36.4 Å². The molecule has 3 aromatic carbocycles. The first-order valence-corrected chi connectivity index (χ1v) is 10.4. The second-order valence-corrected chi connectivity index (χ2v) is 8.15. The van der Waals surface area contributed by atoms with Crippen molar-refractivity contribution in [2.45, 2.75) is 11.5 Å². The molecular formula is C20H17BrN2O3S. The van der Waals surface area contributed by atoms with Crippen LogP contribution in [0, 0.1) is 0 Å². The van der Waals surface area contributed by atoms with Crippen molar-refractivity contribution in [3.63, 3.8) is 0 Å². The summed E-state index contributed by atoms with van der Waals surface area (Å²) in [6.45, 7) is 0.462. The van der Waals surface area contributed by atoms with Crippen molar-refractivity contribution < 1.29 is 13.2 Å². The van der Waals surface area contributed by atoms with E-state index in [1.807, 2.05) is 30.3 Å². The first kappa shape index (κ1) is 19.1. The van der Waals surface area contributed by atoms with Gasteiger partial charge < -0.3 is 4.74 Å². The van der Waals surface area contributed by atoms with Crippen LogP contribution in [0.25, 0.3) is 0 Å². The van der Waals surface area contributed by atoms with Gasteiger partial charge in [0.15, 0.2) is 0 Å². The molecule has 0 saturated heterocycles. The number of sulfonamides is 1. The molecule has 0 unspecified atom stereocenters. The minimum absolute atomic E-state index is 0.160. The van der Waals surface area contributed by atoms with Crippen molar-refractivity contribution >= 4 is 32.2 Å². The normalized spacial score (nSPS) is 11.4. The molecule has 0 radical (unpaired) electrons. The summed E-state index contributed by atoms with van der Waals surface area (Å²) < 4.78 is 30.8. The number of ether oxygens (including phenoxy) is 1. The Hall–Kier alpha value is -2.64. The number of rotatable bonds is 7. The van der Waals surface area contributed by atoms with E-state index in [2.05, 4.69) is 25.9 Å². The second kappa shape index (κ2) is 8.83. The van der Waals surface area contributed by atoms with E-state index in [0.29, 0.717) is 12.4 Å². The molecule has 138 valence electrons. The van der Waals surface area contributed by atoms with E-state index < -0.39 is 10.0 Å². The Morgan fingerprint density at radius 3 is 2.30 bits per heavy atom. The van der Waals surface area contributed by atoms with E-state index in [4.69, 9.17) is 4.74 Å². The molecule has 0 heterocycles. The summed E-state index contributed by atoms with van der Waals surface area (Å²) in [7, 11) is -3.67. The lowest BCUT2D eigenvalue weighted by atomic mass is 10.2. The first-order chi connectivity index (χ1) is 13.0. The lowest BCUT2D eigenvalue weighted by Crippen LogP contribution is -2.18. The van der Waals surface area contributed by atoms with Crippen molar-refractivity contribution in [3.8, 4) is 5.75 Å². The van der Waals surface area contributed by atoms with Crippen molar-refractivity contribution in [2.24, 2.45) is 5.10 Å². The molecule has 0 aromatic heterocycles. The van der Waals surface area contributed by atoms with Crippen LogP contribution in [0.3, 0.4) is 0 Å². The van der Waals surface area contributed by atoms with Crippen LogP contribution in [0.1, 0.15) is 11.1 Å². The Kier molecular flexibility index (Phi) is 6.26. The van der Waals surface area contributed by atoms with Crippen LogP contribution in [-0.4, -0.2) is 14.6 Å². The van der Waals surface area contributed by atoms with Crippen molar-refractivity contribution in [3.05, 3.63) is 94.5 Å². The third-order valence-electron chi connectivity index (χ3n) is 3.63. The van der Waals surface area contributed by atoms with Gasteiger partial charge in [-0.05, 0) is 57.4 Å². The van der Waals surface area contributed by atoms with E-state index in [1.165, 1.54) is 18.3 Å². The number of benzene rings is 3. The number of hydrazone groups is 1. The average Bonchev–Trinajstić information content (AvgIpc) is 2.69. The van der Waals surface area contributed by atoms with E-state index >= 15 is 0 Å². The molecule has 3 aromatic rings. The molecule has 0 spiro atoms. The molecule has 3 rings (SSSR count). The number of nitrogens with one attached hydrogen (secondary N) is 1. The van der Waals surface area contributed by atoms with Gasteiger partial charge in [-0.1, -0.05) is 48.5 Å². The van der Waals surface area contributed by atoms with Gasteiger partial charge in [0, 0.05) is 0 Å². The smallest absolute Gasteiger partial charge is 0.276 e. The molecule has 0 aliphatic carbocycles. The number of nitrogens with zero attached hydrogens (tertiary/aromatic N) is 1.